The minimum Gasteiger partial charge on any atom is -0.356 e. The smallest absolute Gasteiger partial charge is 0.223 e. The molecule has 1 fully saturated rings. The lowest BCUT2D eigenvalue weighted by Gasteiger charge is -2.21. The van der Waals surface area contributed by atoms with Gasteiger partial charge in [-0.15, -0.1) is 24.0 Å². The van der Waals surface area contributed by atoms with E-state index in [1.807, 2.05) is 24.1 Å². The highest BCUT2D eigenvalue weighted by Crippen LogP contribution is 2.23. The molecule has 178 valence electrons. The highest BCUT2D eigenvalue weighted by atomic mass is 127. The number of benzene rings is 2. The quantitative estimate of drug-likeness (QED) is 0.234. The zero-order valence-corrected chi connectivity index (χ0v) is 22.0. The fourth-order valence-electron chi connectivity index (χ4n) is 4.74. The van der Waals surface area contributed by atoms with Gasteiger partial charge in [-0.25, -0.2) is 0 Å². The van der Waals surface area contributed by atoms with Gasteiger partial charge < -0.3 is 15.5 Å². The molecule has 0 spiro atoms. The number of likely N-dealkylation sites (tertiary alicyclic amines) is 1. The maximum Gasteiger partial charge on any atom is 0.223 e. The number of aliphatic imine (C=N–C) groups is 1. The summed E-state index contributed by atoms with van der Waals surface area (Å²) in [6, 6.07) is 19.9. The van der Waals surface area contributed by atoms with Crippen LogP contribution in [-0.4, -0.2) is 53.9 Å². The molecule has 0 radical (unpaired) electrons. The Labute approximate surface area is 214 Å². The number of rotatable bonds is 7. The summed E-state index contributed by atoms with van der Waals surface area (Å²) >= 11 is 0. The third kappa shape index (κ3) is 6.93. The van der Waals surface area contributed by atoms with Gasteiger partial charge in [0.05, 0.1) is 0 Å². The summed E-state index contributed by atoms with van der Waals surface area (Å²) in [5, 5.41) is 6.96. The van der Waals surface area contributed by atoms with Gasteiger partial charge in [0.15, 0.2) is 5.96 Å². The third-order valence-corrected chi connectivity index (χ3v) is 6.55. The van der Waals surface area contributed by atoms with E-state index in [0.717, 1.165) is 51.5 Å². The molecule has 0 aromatic heterocycles. The lowest BCUT2D eigenvalue weighted by molar-refractivity contribution is -0.131. The van der Waals surface area contributed by atoms with Crippen molar-refractivity contribution in [1.82, 2.24) is 20.4 Å². The number of amides is 1. The molecule has 0 bridgehead atoms. The summed E-state index contributed by atoms with van der Waals surface area (Å²) in [7, 11) is 1.81. The molecule has 6 nitrogen and oxygen atoms in total. The fraction of sp³-hybridized carbons (Fsp3) is 0.462. The van der Waals surface area contributed by atoms with Crippen LogP contribution < -0.4 is 10.6 Å². The predicted octanol–water partition coefficient (Wildman–Crippen LogP) is 3.76. The molecule has 2 N–H and O–H groups in total. The van der Waals surface area contributed by atoms with E-state index < -0.39 is 0 Å². The van der Waals surface area contributed by atoms with Crippen molar-refractivity contribution >= 4 is 35.8 Å². The van der Waals surface area contributed by atoms with Crippen LogP contribution in [0.5, 0.6) is 0 Å². The second-order valence-corrected chi connectivity index (χ2v) is 8.96. The number of nitrogens with one attached hydrogen (secondary N) is 2. The lowest BCUT2D eigenvalue weighted by Crippen LogP contribution is -2.44. The van der Waals surface area contributed by atoms with Crippen molar-refractivity contribution in [2.45, 2.75) is 57.9 Å². The van der Waals surface area contributed by atoms with E-state index in [0.29, 0.717) is 18.5 Å². The number of fused-ring (bicyclic) bond motifs is 1. The van der Waals surface area contributed by atoms with E-state index in [1.165, 1.54) is 16.7 Å². The first kappa shape index (κ1) is 25.5. The van der Waals surface area contributed by atoms with E-state index in [4.69, 9.17) is 0 Å². The lowest BCUT2D eigenvalue weighted by atomic mass is 10.1. The van der Waals surface area contributed by atoms with E-state index in [1.54, 1.807) is 0 Å². The Morgan fingerprint density at radius 2 is 1.73 bits per heavy atom. The van der Waals surface area contributed by atoms with Crippen LogP contribution in [-0.2, 0) is 24.4 Å². The van der Waals surface area contributed by atoms with Crippen molar-refractivity contribution in [3.63, 3.8) is 0 Å². The van der Waals surface area contributed by atoms with E-state index >= 15 is 0 Å². The molecule has 7 heteroatoms. The van der Waals surface area contributed by atoms with Gasteiger partial charge in [0.25, 0.3) is 0 Å². The molecule has 2 unspecified atom stereocenters. The van der Waals surface area contributed by atoms with E-state index in [-0.39, 0.29) is 29.9 Å². The number of nitrogens with zero attached hydrogens (tertiary/aromatic N) is 3. The molecule has 2 aromatic rings. The Kier molecular flexibility index (Phi) is 9.55. The molecule has 0 aliphatic carbocycles. The van der Waals surface area contributed by atoms with Crippen LogP contribution in [0.4, 0.5) is 0 Å². The first-order valence-corrected chi connectivity index (χ1v) is 11.7. The number of carbonyl (C=O) groups is 1. The zero-order valence-electron chi connectivity index (χ0n) is 19.7. The number of hydrogen-bond donors (Lipinski definition) is 2. The van der Waals surface area contributed by atoms with Crippen LogP contribution in [0.1, 0.15) is 42.9 Å². The van der Waals surface area contributed by atoms with Crippen molar-refractivity contribution in [2.24, 2.45) is 4.99 Å². The minimum absolute atomic E-state index is 0. The van der Waals surface area contributed by atoms with Gasteiger partial charge in [-0.1, -0.05) is 54.6 Å². The van der Waals surface area contributed by atoms with Crippen LogP contribution in [0.25, 0.3) is 0 Å². The maximum atomic E-state index is 12.6. The molecule has 2 heterocycles. The molecular formula is C26H36IN5O. The topological polar surface area (TPSA) is 60.0 Å². The number of halogens is 1. The Morgan fingerprint density at radius 3 is 2.39 bits per heavy atom. The van der Waals surface area contributed by atoms with E-state index in [2.05, 4.69) is 69.9 Å². The van der Waals surface area contributed by atoms with Gasteiger partial charge in [0.1, 0.15) is 0 Å². The summed E-state index contributed by atoms with van der Waals surface area (Å²) in [5.74, 6) is 1.05. The Hall–Kier alpha value is -2.13. The van der Waals surface area contributed by atoms with E-state index in [9.17, 15) is 4.79 Å². The molecule has 2 aromatic carbocycles. The van der Waals surface area contributed by atoms with Crippen molar-refractivity contribution in [1.29, 1.82) is 0 Å². The first-order chi connectivity index (χ1) is 15.6. The molecule has 2 aliphatic heterocycles. The molecule has 1 amide bonds. The average Bonchev–Trinajstić information content (AvgIpc) is 3.39. The van der Waals surface area contributed by atoms with Crippen molar-refractivity contribution in [3.05, 3.63) is 71.3 Å². The summed E-state index contributed by atoms with van der Waals surface area (Å²) in [4.78, 5) is 21.4. The second-order valence-electron chi connectivity index (χ2n) is 8.96. The number of guanidine groups is 1. The molecule has 0 saturated carbocycles. The van der Waals surface area contributed by atoms with Gasteiger partial charge in [-0.2, -0.15) is 0 Å². The van der Waals surface area contributed by atoms with Crippen molar-refractivity contribution in [2.75, 3.05) is 20.1 Å². The molecule has 4 rings (SSSR count). The van der Waals surface area contributed by atoms with Crippen LogP contribution in [0.2, 0.25) is 0 Å². The highest BCUT2D eigenvalue weighted by Gasteiger charge is 2.29. The highest BCUT2D eigenvalue weighted by molar-refractivity contribution is 14.0. The van der Waals surface area contributed by atoms with Crippen LogP contribution >= 0.6 is 24.0 Å². The molecule has 1 saturated heterocycles. The van der Waals surface area contributed by atoms with Gasteiger partial charge in [-0.3, -0.25) is 14.7 Å². The molecule has 2 aliphatic rings. The first-order valence-electron chi connectivity index (χ1n) is 11.7. The zero-order chi connectivity index (χ0) is 22.3. The van der Waals surface area contributed by atoms with Crippen LogP contribution in [0.15, 0.2) is 59.6 Å². The van der Waals surface area contributed by atoms with Crippen molar-refractivity contribution in [3.8, 4) is 0 Å². The molecule has 33 heavy (non-hydrogen) atoms. The Balaban J connectivity index is 0.00000306. The number of carbonyl (C=O) groups excluding carboxylic acids is 1. The van der Waals surface area contributed by atoms with Gasteiger partial charge >= 0.3 is 0 Å². The fourth-order valence-corrected chi connectivity index (χ4v) is 4.74. The summed E-state index contributed by atoms with van der Waals surface area (Å²) < 4.78 is 0. The van der Waals surface area contributed by atoms with Crippen molar-refractivity contribution < 1.29 is 4.79 Å². The summed E-state index contributed by atoms with van der Waals surface area (Å²) in [6.45, 7) is 6.50. The van der Waals surface area contributed by atoms with Crippen LogP contribution in [0.3, 0.4) is 0 Å². The third-order valence-electron chi connectivity index (χ3n) is 6.55. The SMILES string of the molecule is CN=C(NCCCC(=O)N1Cc2ccccc2C1)NC1CC(C)N(Cc2ccccc2)C1.I. The standard InChI is InChI=1S/C26H35N5O.HI/c1-20-15-24(19-30(20)16-21-9-4-3-5-10-21)29-26(27-2)28-14-8-13-25(32)31-17-22-11-6-7-12-23(22)18-31;/h3-7,9-12,20,24H,8,13-19H2,1-2H3,(H2,27,28,29);1H. The minimum atomic E-state index is 0. The largest absolute Gasteiger partial charge is 0.356 e. The van der Waals surface area contributed by atoms with Gasteiger partial charge in [0, 0.05) is 58.3 Å². The monoisotopic (exact) mass is 561 g/mol. The van der Waals surface area contributed by atoms with Gasteiger partial charge in [-0.05, 0) is 36.5 Å². The molecule has 2 atom stereocenters. The Bertz CT molecular complexity index is 910. The summed E-state index contributed by atoms with van der Waals surface area (Å²) in [6.07, 6.45) is 2.46. The second kappa shape index (κ2) is 12.4. The van der Waals surface area contributed by atoms with Crippen LogP contribution in [0, 0.1) is 0 Å². The average molecular weight is 562 g/mol. The predicted molar refractivity (Wildman–Crippen MR) is 145 cm³/mol. The maximum absolute atomic E-state index is 12.6. The van der Waals surface area contributed by atoms with Gasteiger partial charge in [0.2, 0.25) is 5.91 Å². The number of hydrogen-bond acceptors (Lipinski definition) is 3. The normalized spacial score (nSPS) is 20.3. The molecular weight excluding hydrogens is 525 g/mol. The Morgan fingerprint density at radius 1 is 1.06 bits per heavy atom. The summed E-state index contributed by atoms with van der Waals surface area (Å²) in [5.41, 5.74) is 3.90.